The highest BCUT2D eigenvalue weighted by Gasteiger charge is 1.94. The normalized spacial score (nSPS) is 17.9. The molecule has 2 nitrogen and oxygen atoms in total. The molecule has 0 fully saturated rings. The van der Waals surface area contributed by atoms with E-state index < -0.39 is 10.8 Å². The molecule has 2 N–H and O–H groups in total. The van der Waals surface area contributed by atoms with Crippen molar-refractivity contribution in [1.82, 2.24) is 0 Å². The Bertz CT molecular complexity index is 82.5. The van der Waals surface area contributed by atoms with Gasteiger partial charge in [0.2, 0.25) is 0 Å². The summed E-state index contributed by atoms with van der Waals surface area (Å²) in [5.41, 5.74) is 5.41. The summed E-state index contributed by atoms with van der Waals surface area (Å²) in [7, 11) is -0.666. The van der Waals surface area contributed by atoms with Crippen LogP contribution in [-0.4, -0.2) is 22.3 Å². The molecule has 0 bridgehead atoms. The molecule has 0 aliphatic heterocycles. The lowest BCUT2D eigenvalue weighted by atomic mass is 10.3. The van der Waals surface area contributed by atoms with Gasteiger partial charge in [0.25, 0.3) is 0 Å². The van der Waals surface area contributed by atoms with Gasteiger partial charge in [-0.05, 0) is 13.3 Å². The Kier molecular flexibility index (Phi) is 4.09. The Morgan fingerprint density at radius 3 is 2.38 bits per heavy atom. The molecule has 0 heterocycles. The molecule has 0 unspecified atom stereocenters. The van der Waals surface area contributed by atoms with Gasteiger partial charge in [-0.2, -0.15) is 0 Å². The van der Waals surface area contributed by atoms with Crippen LogP contribution in [0.2, 0.25) is 0 Å². The first-order chi connectivity index (χ1) is 3.63. The van der Waals surface area contributed by atoms with Crippen LogP contribution < -0.4 is 5.73 Å². The lowest BCUT2D eigenvalue weighted by Gasteiger charge is -1.99. The zero-order valence-corrected chi connectivity index (χ0v) is 6.20. The summed E-state index contributed by atoms with van der Waals surface area (Å²) in [5.74, 6) is 0.734. The molecule has 0 aromatic rings. The second-order valence-corrected chi connectivity index (χ2v) is 3.60. The van der Waals surface area contributed by atoms with Gasteiger partial charge in [0.05, 0.1) is 0 Å². The summed E-state index contributed by atoms with van der Waals surface area (Å²) in [6.45, 7) is 1.92. The second kappa shape index (κ2) is 4.04. The minimum Gasteiger partial charge on any atom is -0.328 e. The predicted octanol–water partition coefficient (Wildman–Crippen LogP) is 0.102. The Morgan fingerprint density at radius 2 is 2.25 bits per heavy atom. The van der Waals surface area contributed by atoms with Crippen LogP contribution in [0.1, 0.15) is 13.3 Å². The Labute approximate surface area is 52.9 Å². The average Bonchev–Trinajstić information content (AvgIpc) is 1.61. The van der Waals surface area contributed by atoms with E-state index in [1.54, 1.807) is 6.26 Å². The van der Waals surface area contributed by atoms with Crippen molar-refractivity contribution >= 4 is 10.8 Å². The van der Waals surface area contributed by atoms with Gasteiger partial charge < -0.3 is 5.73 Å². The lowest BCUT2D eigenvalue weighted by Crippen LogP contribution is -2.17. The molecular formula is C5H13NOS. The zero-order valence-electron chi connectivity index (χ0n) is 5.39. The Morgan fingerprint density at radius 1 is 1.75 bits per heavy atom. The van der Waals surface area contributed by atoms with Gasteiger partial charge in [0.15, 0.2) is 0 Å². The number of rotatable bonds is 3. The molecule has 2 atom stereocenters. The molecule has 0 saturated heterocycles. The first kappa shape index (κ1) is 8.11. The third kappa shape index (κ3) is 6.11. The van der Waals surface area contributed by atoms with E-state index >= 15 is 0 Å². The summed E-state index contributed by atoms with van der Waals surface area (Å²) < 4.78 is 10.4. The highest BCUT2D eigenvalue weighted by Crippen LogP contribution is 1.86. The van der Waals surface area contributed by atoms with Crippen molar-refractivity contribution in [2.24, 2.45) is 5.73 Å². The zero-order chi connectivity index (χ0) is 6.57. The molecule has 0 aliphatic carbocycles. The SMILES string of the molecule is C[C@H](N)CC[S@](C)=O. The summed E-state index contributed by atoms with van der Waals surface area (Å²) in [6, 6.07) is 0.193. The fourth-order valence-electron chi connectivity index (χ4n) is 0.352. The molecule has 0 radical (unpaired) electrons. The minimum atomic E-state index is -0.666. The van der Waals surface area contributed by atoms with E-state index in [-0.39, 0.29) is 6.04 Å². The van der Waals surface area contributed by atoms with Crippen molar-refractivity contribution < 1.29 is 4.21 Å². The van der Waals surface area contributed by atoms with E-state index in [9.17, 15) is 4.21 Å². The van der Waals surface area contributed by atoms with Gasteiger partial charge in [-0.15, -0.1) is 0 Å². The molecule has 0 aromatic carbocycles. The summed E-state index contributed by atoms with van der Waals surface area (Å²) in [4.78, 5) is 0. The fraction of sp³-hybridized carbons (Fsp3) is 1.00. The van der Waals surface area contributed by atoms with E-state index in [4.69, 9.17) is 5.73 Å². The van der Waals surface area contributed by atoms with Crippen molar-refractivity contribution in [3.05, 3.63) is 0 Å². The maximum atomic E-state index is 10.4. The third-order valence-electron chi connectivity index (χ3n) is 0.861. The molecule has 0 aliphatic rings. The van der Waals surface area contributed by atoms with Crippen LogP contribution in [0, 0.1) is 0 Å². The van der Waals surface area contributed by atoms with Gasteiger partial charge in [-0.25, -0.2) is 0 Å². The third-order valence-corrected chi connectivity index (χ3v) is 1.67. The Balaban J connectivity index is 3.05. The first-order valence-electron chi connectivity index (χ1n) is 2.68. The first-order valence-corrected chi connectivity index (χ1v) is 4.41. The molecule has 8 heavy (non-hydrogen) atoms. The standard InChI is InChI=1S/C5H13NOS/c1-5(6)3-4-8(2)7/h5H,3-4,6H2,1-2H3/t5-,8-/m0/s1. The van der Waals surface area contributed by atoms with Gasteiger partial charge in [-0.3, -0.25) is 4.21 Å². The number of hydrogen-bond acceptors (Lipinski definition) is 2. The number of nitrogens with two attached hydrogens (primary N) is 1. The summed E-state index contributed by atoms with van der Waals surface area (Å²) in [5, 5.41) is 0. The molecular weight excluding hydrogens is 122 g/mol. The second-order valence-electron chi connectivity index (χ2n) is 2.04. The van der Waals surface area contributed by atoms with Gasteiger partial charge in [0, 0.05) is 28.9 Å². The summed E-state index contributed by atoms with van der Waals surface area (Å²) in [6.07, 6.45) is 2.56. The van der Waals surface area contributed by atoms with Crippen molar-refractivity contribution in [3.63, 3.8) is 0 Å². The van der Waals surface area contributed by atoms with Crippen molar-refractivity contribution in [1.29, 1.82) is 0 Å². The van der Waals surface area contributed by atoms with Crippen molar-refractivity contribution in [2.75, 3.05) is 12.0 Å². The quantitative estimate of drug-likeness (QED) is 0.596. The molecule has 0 amide bonds. The van der Waals surface area contributed by atoms with Crippen LogP contribution in [0.5, 0.6) is 0 Å². The topological polar surface area (TPSA) is 43.1 Å². The maximum absolute atomic E-state index is 10.4. The largest absolute Gasteiger partial charge is 0.328 e. The monoisotopic (exact) mass is 135 g/mol. The molecule has 0 rings (SSSR count). The maximum Gasteiger partial charge on any atom is 0.0246 e. The minimum absolute atomic E-state index is 0.193. The molecule has 50 valence electrons. The van der Waals surface area contributed by atoms with E-state index in [1.807, 2.05) is 6.92 Å². The van der Waals surface area contributed by atoms with E-state index in [1.165, 1.54) is 0 Å². The van der Waals surface area contributed by atoms with Crippen LogP contribution in [0.3, 0.4) is 0 Å². The van der Waals surface area contributed by atoms with Crippen molar-refractivity contribution in [2.45, 2.75) is 19.4 Å². The van der Waals surface area contributed by atoms with Crippen LogP contribution >= 0.6 is 0 Å². The molecule has 0 aromatic heterocycles. The van der Waals surface area contributed by atoms with Crippen LogP contribution in [-0.2, 0) is 10.8 Å². The molecule has 0 spiro atoms. The predicted molar refractivity (Wildman–Crippen MR) is 37.2 cm³/mol. The van der Waals surface area contributed by atoms with E-state index in [0.29, 0.717) is 0 Å². The van der Waals surface area contributed by atoms with Crippen LogP contribution in [0.15, 0.2) is 0 Å². The Hall–Kier alpha value is 0.110. The lowest BCUT2D eigenvalue weighted by molar-refractivity contribution is 0.671. The van der Waals surface area contributed by atoms with Crippen LogP contribution in [0.25, 0.3) is 0 Å². The molecule has 0 saturated carbocycles. The summed E-state index contributed by atoms with van der Waals surface area (Å²) >= 11 is 0. The number of hydrogen-bond donors (Lipinski definition) is 1. The van der Waals surface area contributed by atoms with Gasteiger partial charge in [-0.1, -0.05) is 0 Å². The van der Waals surface area contributed by atoms with Crippen molar-refractivity contribution in [3.8, 4) is 0 Å². The van der Waals surface area contributed by atoms with Crippen LogP contribution in [0.4, 0.5) is 0 Å². The van der Waals surface area contributed by atoms with Gasteiger partial charge >= 0.3 is 0 Å². The van der Waals surface area contributed by atoms with E-state index in [2.05, 4.69) is 0 Å². The van der Waals surface area contributed by atoms with Gasteiger partial charge in [0.1, 0.15) is 0 Å². The fourth-order valence-corrected chi connectivity index (χ4v) is 1.06. The smallest absolute Gasteiger partial charge is 0.0246 e. The van der Waals surface area contributed by atoms with E-state index in [0.717, 1.165) is 12.2 Å². The average molecular weight is 135 g/mol. The highest BCUT2D eigenvalue weighted by atomic mass is 32.2. The highest BCUT2D eigenvalue weighted by molar-refractivity contribution is 7.84. The molecule has 3 heteroatoms.